The number of phenols is 1. The number of non-ortho nitro benzene ring substituents is 1. The van der Waals surface area contributed by atoms with Crippen LogP contribution in [0.15, 0.2) is 24.4 Å². The fourth-order valence-corrected chi connectivity index (χ4v) is 1.94. The minimum Gasteiger partial charge on any atom is -0.506 e. The van der Waals surface area contributed by atoms with Gasteiger partial charge in [-0.3, -0.25) is 29.7 Å². The van der Waals surface area contributed by atoms with Gasteiger partial charge in [0.25, 0.3) is 5.69 Å². The number of nitrogens with one attached hydrogen (secondary N) is 1. The lowest BCUT2D eigenvalue weighted by Crippen LogP contribution is -2.24. The number of nitrogens with zero attached hydrogens (tertiary/aromatic N) is 4. The number of nitro groups is 2. The van der Waals surface area contributed by atoms with Gasteiger partial charge >= 0.3 is 5.69 Å². The molecule has 1 unspecified atom stereocenters. The van der Waals surface area contributed by atoms with Gasteiger partial charge in [-0.2, -0.15) is 5.10 Å². The summed E-state index contributed by atoms with van der Waals surface area (Å²) < 4.78 is 1.11. The fourth-order valence-electron chi connectivity index (χ4n) is 1.94. The zero-order chi connectivity index (χ0) is 18.0. The fraction of sp³-hybridized carbons (Fsp3) is 0.231. The third kappa shape index (κ3) is 3.29. The van der Waals surface area contributed by atoms with E-state index in [0.29, 0.717) is 0 Å². The number of hydrogen-bond donors (Lipinski definition) is 2. The molecule has 0 spiro atoms. The SMILES string of the molecule is Cc1nn(C(C)C(=O)Nc2cc([N+](=O)[O-])ccc2O)cc1[N+](=O)[O-]. The highest BCUT2D eigenvalue weighted by Gasteiger charge is 2.23. The number of carbonyl (C=O) groups excluding carboxylic acids is 1. The van der Waals surface area contributed by atoms with Gasteiger partial charge in [-0.15, -0.1) is 0 Å². The van der Waals surface area contributed by atoms with Gasteiger partial charge in [0.15, 0.2) is 0 Å². The predicted octanol–water partition coefficient (Wildman–Crippen LogP) is 1.91. The Bertz CT molecular complexity index is 830. The van der Waals surface area contributed by atoms with E-state index in [-0.39, 0.29) is 28.5 Å². The number of amides is 1. The van der Waals surface area contributed by atoms with E-state index < -0.39 is 21.8 Å². The van der Waals surface area contributed by atoms with Crippen molar-refractivity contribution in [2.75, 3.05) is 5.32 Å². The Hall–Kier alpha value is -3.50. The monoisotopic (exact) mass is 335 g/mol. The molecular formula is C13H13N5O6. The first-order valence-corrected chi connectivity index (χ1v) is 6.69. The van der Waals surface area contributed by atoms with Crippen LogP contribution in [0.3, 0.4) is 0 Å². The normalized spacial score (nSPS) is 11.8. The van der Waals surface area contributed by atoms with Crippen LogP contribution in [0.1, 0.15) is 18.7 Å². The number of aryl methyl sites for hydroxylation is 1. The van der Waals surface area contributed by atoms with Gasteiger partial charge in [0.05, 0.1) is 15.5 Å². The quantitative estimate of drug-likeness (QED) is 0.480. The number of aromatic hydroxyl groups is 1. The Kier molecular flexibility index (Phi) is 4.44. The molecule has 2 N–H and O–H groups in total. The molecule has 1 atom stereocenters. The number of phenolic OH excluding ortho intramolecular Hbond substituents is 1. The van der Waals surface area contributed by atoms with Crippen molar-refractivity contribution >= 4 is 23.0 Å². The highest BCUT2D eigenvalue weighted by molar-refractivity contribution is 5.95. The first-order valence-electron chi connectivity index (χ1n) is 6.69. The van der Waals surface area contributed by atoms with Gasteiger partial charge in [0, 0.05) is 12.1 Å². The van der Waals surface area contributed by atoms with E-state index in [4.69, 9.17) is 0 Å². The molecule has 126 valence electrons. The van der Waals surface area contributed by atoms with E-state index in [2.05, 4.69) is 10.4 Å². The lowest BCUT2D eigenvalue weighted by Gasteiger charge is -2.13. The van der Waals surface area contributed by atoms with Gasteiger partial charge in [0.2, 0.25) is 5.91 Å². The van der Waals surface area contributed by atoms with Crippen LogP contribution < -0.4 is 5.32 Å². The van der Waals surface area contributed by atoms with Gasteiger partial charge in [-0.25, -0.2) is 0 Å². The summed E-state index contributed by atoms with van der Waals surface area (Å²) in [5.41, 5.74) is -0.522. The summed E-state index contributed by atoms with van der Waals surface area (Å²) in [4.78, 5) is 32.5. The van der Waals surface area contributed by atoms with Crippen LogP contribution in [0.25, 0.3) is 0 Å². The van der Waals surface area contributed by atoms with E-state index in [0.717, 1.165) is 29.1 Å². The van der Waals surface area contributed by atoms with Crippen molar-refractivity contribution < 1.29 is 19.7 Å². The van der Waals surface area contributed by atoms with Crippen molar-refractivity contribution in [2.24, 2.45) is 0 Å². The molecule has 1 heterocycles. The molecule has 0 saturated carbocycles. The maximum atomic E-state index is 12.2. The smallest absolute Gasteiger partial charge is 0.309 e. The molecule has 2 rings (SSSR count). The van der Waals surface area contributed by atoms with Gasteiger partial charge < -0.3 is 10.4 Å². The predicted molar refractivity (Wildman–Crippen MR) is 81.7 cm³/mol. The van der Waals surface area contributed by atoms with Crippen LogP contribution in [-0.2, 0) is 4.79 Å². The average molecular weight is 335 g/mol. The first-order chi connectivity index (χ1) is 11.2. The topological polar surface area (TPSA) is 153 Å². The summed E-state index contributed by atoms with van der Waals surface area (Å²) in [6, 6.07) is 2.25. The minimum atomic E-state index is -0.934. The number of hydrogen-bond acceptors (Lipinski definition) is 7. The van der Waals surface area contributed by atoms with Crippen LogP contribution in [0.5, 0.6) is 5.75 Å². The highest BCUT2D eigenvalue weighted by Crippen LogP contribution is 2.28. The molecule has 1 aromatic carbocycles. The zero-order valence-corrected chi connectivity index (χ0v) is 12.7. The molecule has 0 bridgehead atoms. The van der Waals surface area contributed by atoms with E-state index in [1.807, 2.05) is 0 Å². The summed E-state index contributed by atoms with van der Waals surface area (Å²) in [5, 5.41) is 37.5. The van der Waals surface area contributed by atoms with E-state index in [9.17, 15) is 30.1 Å². The standard InChI is InChI=1S/C13H13N5O6/c1-7-11(18(23)24)6-16(15-7)8(2)13(20)14-10-5-9(17(21)22)3-4-12(10)19/h3-6,8,19H,1-2H3,(H,14,20). The van der Waals surface area contributed by atoms with Gasteiger partial charge in [-0.05, 0) is 19.9 Å². The Morgan fingerprint density at radius 1 is 1.33 bits per heavy atom. The van der Waals surface area contributed by atoms with Gasteiger partial charge in [-0.1, -0.05) is 0 Å². The van der Waals surface area contributed by atoms with Crippen molar-refractivity contribution in [2.45, 2.75) is 19.9 Å². The first kappa shape index (κ1) is 16.9. The summed E-state index contributed by atoms with van der Waals surface area (Å²) in [6.45, 7) is 2.88. The molecular weight excluding hydrogens is 322 g/mol. The largest absolute Gasteiger partial charge is 0.506 e. The number of benzene rings is 1. The third-order valence-electron chi connectivity index (χ3n) is 3.31. The molecule has 24 heavy (non-hydrogen) atoms. The Labute approximate surface area is 134 Å². The van der Waals surface area contributed by atoms with Gasteiger partial charge in [0.1, 0.15) is 23.7 Å². The van der Waals surface area contributed by atoms with E-state index in [1.54, 1.807) is 0 Å². The lowest BCUT2D eigenvalue weighted by molar-refractivity contribution is -0.385. The summed E-state index contributed by atoms with van der Waals surface area (Å²) in [6.07, 6.45) is 1.12. The maximum absolute atomic E-state index is 12.2. The van der Waals surface area contributed by atoms with E-state index >= 15 is 0 Å². The average Bonchev–Trinajstić information content (AvgIpc) is 2.90. The van der Waals surface area contributed by atoms with Crippen molar-refractivity contribution in [1.82, 2.24) is 9.78 Å². The van der Waals surface area contributed by atoms with Crippen LogP contribution >= 0.6 is 0 Å². The summed E-state index contributed by atoms with van der Waals surface area (Å²) in [7, 11) is 0. The number of rotatable bonds is 5. The molecule has 0 aliphatic carbocycles. The summed E-state index contributed by atoms with van der Waals surface area (Å²) >= 11 is 0. The lowest BCUT2D eigenvalue weighted by atomic mass is 10.2. The van der Waals surface area contributed by atoms with Crippen molar-refractivity contribution in [3.63, 3.8) is 0 Å². The highest BCUT2D eigenvalue weighted by atomic mass is 16.6. The molecule has 2 aromatic rings. The van der Waals surface area contributed by atoms with Crippen molar-refractivity contribution in [3.05, 3.63) is 50.3 Å². The van der Waals surface area contributed by atoms with Crippen molar-refractivity contribution in [1.29, 1.82) is 0 Å². The van der Waals surface area contributed by atoms with E-state index in [1.165, 1.54) is 13.8 Å². The third-order valence-corrected chi connectivity index (χ3v) is 3.31. The molecule has 1 amide bonds. The van der Waals surface area contributed by atoms with Crippen LogP contribution in [-0.4, -0.2) is 30.6 Å². The second-order valence-corrected chi connectivity index (χ2v) is 4.96. The zero-order valence-electron chi connectivity index (χ0n) is 12.7. The maximum Gasteiger partial charge on any atom is 0.309 e. The molecule has 11 nitrogen and oxygen atoms in total. The molecule has 1 aromatic heterocycles. The Morgan fingerprint density at radius 2 is 2.00 bits per heavy atom. The number of aromatic nitrogens is 2. The molecule has 0 fully saturated rings. The second-order valence-electron chi connectivity index (χ2n) is 4.96. The number of carbonyl (C=O) groups is 1. The molecule has 0 aliphatic heterocycles. The summed E-state index contributed by atoms with van der Waals surface area (Å²) in [5.74, 6) is -0.994. The van der Waals surface area contributed by atoms with Crippen LogP contribution in [0.4, 0.5) is 17.1 Å². The van der Waals surface area contributed by atoms with Crippen molar-refractivity contribution in [3.8, 4) is 5.75 Å². The molecule has 11 heteroatoms. The molecule has 0 radical (unpaired) electrons. The number of anilines is 1. The van der Waals surface area contributed by atoms with Crippen LogP contribution in [0, 0.1) is 27.2 Å². The molecule has 0 aliphatic rings. The second kappa shape index (κ2) is 6.32. The van der Waals surface area contributed by atoms with Crippen LogP contribution in [0.2, 0.25) is 0 Å². The Morgan fingerprint density at radius 3 is 2.54 bits per heavy atom. The Balaban J connectivity index is 2.23. The minimum absolute atomic E-state index is 0.139. The molecule has 0 saturated heterocycles. The number of nitro benzene ring substituents is 1.